The first-order valence-electron chi connectivity index (χ1n) is 11.3. The van der Waals surface area contributed by atoms with Gasteiger partial charge in [-0.3, -0.25) is 13.9 Å². The Morgan fingerprint density at radius 2 is 1.31 bits per heavy atom. The summed E-state index contributed by atoms with van der Waals surface area (Å²) in [7, 11) is 0. The molecule has 0 saturated heterocycles. The molecule has 4 aromatic carbocycles. The third-order valence-corrected chi connectivity index (χ3v) is 6.27. The summed E-state index contributed by atoms with van der Waals surface area (Å²) in [6.45, 7) is 0. The number of aromatic nitrogens is 4. The Kier molecular flexibility index (Phi) is 5.43. The van der Waals surface area contributed by atoms with Crippen LogP contribution in [0.25, 0.3) is 45.1 Å². The molecule has 0 fully saturated rings. The molecule has 6 aromatic rings. The van der Waals surface area contributed by atoms with Crippen LogP contribution in [-0.2, 0) is 0 Å². The van der Waals surface area contributed by atoms with E-state index in [1.807, 2.05) is 71.3 Å². The van der Waals surface area contributed by atoms with Crippen LogP contribution >= 0.6 is 11.6 Å². The lowest BCUT2D eigenvalue weighted by Crippen LogP contribution is -2.17. The minimum atomic E-state index is -0.379. The molecule has 36 heavy (non-hydrogen) atoms. The van der Waals surface area contributed by atoms with Crippen LogP contribution in [0.3, 0.4) is 0 Å². The second kappa shape index (κ2) is 8.91. The first-order valence-corrected chi connectivity index (χ1v) is 11.6. The van der Waals surface area contributed by atoms with Crippen molar-refractivity contribution in [1.82, 2.24) is 19.1 Å². The Bertz CT molecular complexity index is 1740. The molecule has 0 aliphatic carbocycles. The lowest BCUT2D eigenvalue weighted by Gasteiger charge is -2.15. The van der Waals surface area contributed by atoms with Crippen molar-refractivity contribution in [2.45, 2.75) is 0 Å². The molecule has 0 unspecified atom stereocenters. The smallest absolute Gasteiger partial charge is 0.293 e. The van der Waals surface area contributed by atoms with Gasteiger partial charge in [0.2, 0.25) is 0 Å². The van der Waals surface area contributed by atoms with E-state index in [4.69, 9.17) is 11.6 Å². The molecule has 7 heteroatoms. The molecular formula is C29H18ClFN4O. The molecule has 0 aliphatic heterocycles. The zero-order valence-electron chi connectivity index (χ0n) is 18.8. The predicted molar refractivity (Wildman–Crippen MR) is 140 cm³/mol. The zero-order chi connectivity index (χ0) is 24.6. The van der Waals surface area contributed by atoms with Gasteiger partial charge in [0.05, 0.1) is 0 Å². The SMILES string of the molecule is O=c1nc(-c2ccc(Cl)cc2)n(-c2ccc(-c3ccc(F)cc3)cc2)c2ncn(-c3ccccc3)c12. The third-order valence-electron chi connectivity index (χ3n) is 6.02. The highest BCUT2D eigenvalue weighted by atomic mass is 35.5. The van der Waals surface area contributed by atoms with Crippen molar-refractivity contribution >= 4 is 22.8 Å². The predicted octanol–water partition coefficient (Wildman–Crippen LogP) is 6.70. The van der Waals surface area contributed by atoms with Crippen LogP contribution in [0.5, 0.6) is 0 Å². The van der Waals surface area contributed by atoms with Crippen molar-refractivity contribution in [3.8, 4) is 33.9 Å². The van der Waals surface area contributed by atoms with E-state index in [-0.39, 0.29) is 11.4 Å². The van der Waals surface area contributed by atoms with E-state index in [1.165, 1.54) is 12.1 Å². The van der Waals surface area contributed by atoms with E-state index < -0.39 is 0 Å². The Morgan fingerprint density at radius 3 is 1.97 bits per heavy atom. The molecule has 174 valence electrons. The van der Waals surface area contributed by atoms with E-state index in [1.54, 1.807) is 35.2 Å². The van der Waals surface area contributed by atoms with Gasteiger partial charge in [0, 0.05) is 22.0 Å². The lowest BCUT2D eigenvalue weighted by molar-refractivity contribution is 0.628. The molecule has 6 rings (SSSR count). The quantitative estimate of drug-likeness (QED) is 0.275. The van der Waals surface area contributed by atoms with E-state index in [9.17, 15) is 9.18 Å². The Labute approximate surface area is 210 Å². The fraction of sp³-hybridized carbons (Fsp3) is 0. The maximum absolute atomic E-state index is 13.4. The largest absolute Gasteiger partial charge is 0.299 e. The molecular weight excluding hydrogens is 475 g/mol. The molecule has 0 radical (unpaired) electrons. The summed E-state index contributed by atoms with van der Waals surface area (Å²) in [6, 6.07) is 30.9. The van der Waals surface area contributed by atoms with Crippen molar-refractivity contribution in [3.05, 3.63) is 131 Å². The third kappa shape index (κ3) is 3.87. The summed E-state index contributed by atoms with van der Waals surface area (Å²) in [4.78, 5) is 22.4. The zero-order valence-corrected chi connectivity index (χ0v) is 19.6. The van der Waals surface area contributed by atoms with Gasteiger partial charge in [-0.15, -0.1) is 0 Å². The van der Waals surface area contributed by atoms with Crippen LogP contribution in [0.2, 0.25) is 5.02 Å². The van der Waals surface area contributed by atoms with E-state index in [2.05, 4.69) is 9.97 Å². The van der Waals surface area contributed by atoms with Gasteiger partial charge in [0.15, 0.2) is 11.2 Å². The molecule has 0 bridgehead atoms. The van der Waals surface area contributed by atoms with Crippen molar-refractivity contribution in [1.29, 1.82) is 0 Å². The van der Waals surface area contributed by atoms with Gasteiger partial charge in [-0.25, -0.2) is 9.37 Å². The van der Waals surface area contributed by atoms with Crippen molar-refractivity contribution in [2.75, 3.05) is 0 Å². The average Bonchev–Trinajstić information content (AvgIpc) is 3.36. The standard InChI is InChI=1S/C29H18ClFN4O/c30-22-12-6-21(7-13-22)27-33-29(36)26-28(32-18-34(26)24-4-2-1-3-5-24)35(27)25-16-10-20(11-17-25)19-8-14-23(31)15-9-19/h1-18H. The van der Waals surface area contributed by atoms with Gasteiger partial charge >= 0.3 is 0 Å². The molecule has 0 aliphatic rings. The average molecular weight is 493 g/mol. The number of imidazole rings is 1. The number of benzene rings is 4. The Hall–Kier alpha value is -4.55. The van der Waals surface area contributed by atoms with Gasteiger partial charge in [0.1, 0.15) is 18.0 Å². The molecule has 2 aromatic heterocycles. The molecule has 0 atom stereocenters. The fourth-order valence-corrected chi connectivity index (χ4v) is 4.39. The normalized spacial score (nSPS) is 11.2. The van der Waals surface area contributed by atoms with Crippen molar-refractivity contribution < 1.29 is 4.39 Å². The molecule has 0 amide bonds. The lowest BCUT2D eigenvalue weighted by atomic mass is 10.1. The van der Waals surface area contributed by atoms with Crippen LogP contribution in [0.1, 0.15) is 0 Å². The summed E-state index contributed by atoms with van der Waals surface area (Å²) in [5.41, 5.74) is 4.65. The highest BCUT2D eigenvalue weighted by Crippen LogP contribution is 2.28. The van der Waals surface area contributed by atoms with Gasteiger partial charge in [-0.05, 0) is 71.8 Å². The monoisotopic (exact) mass is 492 g/mol. The van der Waals surface area contributed by atoms with E-state index in [0.717, 1.165) is 28.1 Å². The molecule has 0 spiro atoms. The number of rotatable bonds is 4. The molecule has 0 saturated carbocycles. The van der Waals surface area contributed by atoms with E-state index in [0.29, 0.717) is 22.0 Å². The van der Waals surface area contributed by atoms with Gasteiger partial charge in [-0.1, -0.05) is 54.1 Å². The number of fused-ring (bicyclic) bond motifs is 1. The molecule has 5 nitrogen and oxygen atoms in total. The minimum absolute atomic E-state index is 0.279. The molecule has 0 N–H and O–H groups in total. The number of nitrogens with zero attached hydrogens (tertiary/aromatic N) is 4. The topological polar surface area (TPSA) is 52.7 Å². The van der Waals surface area contributed by atoms with Gasteiger partial charge in [0.25, 0.3) is 5.56 Å². The van der Waals surface area contributed by atoms with Crippen molar-refractivity contribution in [3.63, 3.8) is 0 Å². The number of para-hydroxylation sites is 1. The molecule has 2 heterocycles. The minimum Gasteiger partial charge on any atom is -0.293 e. The second-order valence-electron chi connectivity index (χ2n) is 8.26. The number of hydrogen-bond donors (Lipinski definition) is 0. The summed E-state index contributed by atoms with van der Waals surface area (Å²) >= 11 is 6.11. The van der Waals surface area contributed by atoms with Crippen LogP contribution in [0.4, 0.5) is 4.39 Å². The summed E-state index contributed by atoms with van der Waals surface area (Å²) in [5, 5.41) is 0.589. The second-order valence-corrected chi connectivity index (χ2v) is 8.70. The highest BCUT2D eigenvalue weighted by molar-refractivity contribution is 6.30. The van der Waals surface area contributed by atoms with Crippen LogP contribution in [0.15, 0.2) is 114 Å². The van der Waals surface area contributed by atoms with Crippen molar-refractivity contribution in [2.24, 2.45) is 0 Å². The number of hydrogen-bond acceptors (Lipinski definition) is 3. The first kappa shape index (κ1) is 21.9. The van der Waals surface area contributed by atoms with Crippen LogP contribution in [-0.4, -0.2) is 19.1 Å². The maximum atomic E-state index is 13.4. The summed E-state index contributed by atoms with van der Waals surface area (Å²) in [6.07, 6.45) is 1.64. The van der Waals surface area contributed by atoms with Gasteiger partial charge < -0.3 is 0 Å². The van der Waals surface area contributed by atoms with Crippen LogP contribution < -0.4 is 5.56 Å². The summed E-state index contributed by atoms with van der Waals surface area (Å²) in [5.74, 6) is 0.177. The summed E-state index contributed by atoms with van der Waals surface area (Å²) < 4.78 is 17.0. The van der Waals surface area contributed by atoms with Crippen LogP contribution in [0, 0.1) is 5.82 Å². The van der Waals surface area contributed by atoms with E-state index >= 15 is 0 Å². The van der Waals surface area contributed by atoms with Gasteiger partial charge in [-0.2, -0.15) is 4.98 Å². The number of halogens is 2. The fourth-order valence-electron chi connectivity index (χ4n) is 4.27. The first-order chi connectivity index (χ1) is 17.6. The highest BCUT2D eigenvalue weighted by Gasteiger charge is 2.19. The Morgan fingerprint density at radius 1 is 0.694 bits per heavy atom. The Balaban J connectivity index is 1.58. The maximum Gasteiger partial charge on any atom is 0.299 e.